The standard InChI is InChI=1S/C16H18N2O5/c1-10-11(16(21)22)6-7-17(10)14(19)8-18-12-4-2-3-5-13(12)23-9-15(18)20/h2-5,10-11H,6-9H2,1H3,(H,21,22). The van der Waals surface area contributed by atoms with E-state index in [0.717, 1.165) is 0 Å². The van der Waals surface area contributed by atoms with Crippen LogP contribution in [0.25, 0.3) is 0 Å². The second-order valence-corrected chi connectivity index (χ2v) is 5.80. The van der Waals surface area contributed by atoms with Gasteiger partial charge >= 0.3 is 5.97 Å². The van der Waals surface area contributed by atoms with E-state index in [9.17, 15) is 14.4 Å². The summed E-state index contributed by atoms with van der Waals surface area (Å²) in [5, 5.41) is 9.16. The molecule has 2 amide bonds. The number of nitrogens with zero attached hydrogens (tertiary/aromatic N) is 2. The first-order valence-electron chi connectivity index (χ1n) is 7.53. The van der Waals surface area contributed by atoms with Crippen molar-refractivity contribution >= 4 is 23.5 Å². The van der Waals surface area contributed by atoms with Crippen molar-refractivity contribution in [2.75, 3.05) is 24.6 Å². The van der Waals surface area contributed by atoms with Crippen molar-refractivity contribution in [3.8, 4) is 5.75 Å². The molecule has 2 aliphatic heterocycles. The van der Waals surface area contributed by atoms with Crippen LogP contribution in [0.1, 0.15) is 13.3 Å². The molecule has 1 saturated heterocycles. The van der Waals surface area contributed by atoms with Gasteiger partial charge in [0, 0.05) is 12.6 Å². The number of amides is 2. The zero-order valence-corrected chi connectivity index (χ0v) is 12.8. The molecule has 0 aliphatic carbocycles. The van der Waals surface area contributed by atoms with E-state index in [4.69, 9.17) is 9.84 Å². The molecule has 122 valence electrons. The van der Waals surface area contributed by atoms with Gasteiger partial charge in [-0.2, -0.15) is 0 Å². The van der Waals surface area contributed by atoms with Crippen LogP contribution in [-0.2, 0) is 14.4 Å². The maximum absolute atomic E-state index is 12.5. The van der Waals surface area contributed by atoms with Crippen LogP contribution in [0, 0.1) is 5.92 Å². The van der Waals surface area contributed by atoms with Crippen LogP contribution in [0.15, 0.2) is 24.3 Å². The number of benzene rings is 1. The largest absolute Gasteiger partial charge is 0.482 e. The molecule has 23 heavy (non-hydrogen) atoms. The molecule has 2 unspecified atom stereocenters. The average molecular weight is 318 g/mol. The quantitative estimate of drug-likeness (QED) is 0.888. The highest BCUT2D eigenvalue weighted by Crippen LogP contribution is 2.32. The summed E-state index contributed by atoms with van der Waals surface area (Å²) in [6, 6.07) is 6.68. The van der Waals surface area contributed by atoms with Gasteiger partial charge in [-0.25, -0.2) is 0 Å². The van der Waals surface area contributed by atoms with Crippen molar-refractivity contribution in [3.05, 3.63) is 24.3 Å². The number of hydrogen-bond donors (Lipinski definition) is 1. The van der Waals surface area contributed by atoms with Gasteiger partial charge in [0.05, 0.1) is 11.6 Å². The van der Waals surface area contributed by atoms with Crippen LogP contribution < -0.4 is 9.64 Å². The third kappa shape index (κ3) is 2.74. The minimum absolute atomic E-state index is 0.0996. The van der Waals surface area contributed by atoms with Crippen LogP contribution in [0.3, 0.4) is 0 Å². The van der Waals surface area contributed by atoms with E-state index in [1.54, 1.807) is 36.1 Å². The summed E-state index contributed by atoms with van der Waals surface area (Å²) < 4.78 is 5.35. The number of aliphatic carboxylic acids is 1. The van der Waals surface area contributed by atoms with Gasteiger partial charge in [0.2, 0.25) is 5.91 Å². The highest BCUT2D eigenvalue weighted by atomic mass is 16.5. The number of rotatable bonds is 3. The molecule has 2 heterocycles. The van der Waals surface area contributed by atoms with E-state index >= 15 is 0 Å². The van der Waals surface area contributed by atoms with Crippen molar-refractivity contribution in [1.82, 2.24) is 4.90 Å². The zero-order valence-electron chi connectivity index (χ0n) is 12.8. The lowest BCUT2D eigenvalue weighted by Gasteiger charge is -2.31. The Morgan fingerprint density at radius 1 is 1.35 bits per heavy atom. The molecule has 7 nitrogen and oxygen atoms in total. The average Bonchev–Trinajstić information content (AvgIpc) is 2.92. The molecule has 1 N–H and O–H groups in total. The Balaban J connectivity index is 1.76. The third-order valence-corrected chi connectivity index (χ3v) is 4.49. The van der Waals surface area contributed by atoms with Crippen LogP contribution in [0.2, 0.25) is 0 Å². The van der Waals surface area contributed by atoms with E-state index in [0.29, 0.717) is 24.4 Å². The molecule has 0 spiro atoms. The summed E-state index contributed by atoms with van der Waals surface area (Å²) in [5.74, 6) is -1.39. The monoisotopic (exact) mass is 318 g/mol. The molecule has 2 aliphatic rings. The topological polar surface area (TPSA) is 87.2 Å². The number of likely N-dealkylation sites (tertiary alicyclic amines) is 1. The molecule has 2 atom stereocenters. The van der Waals surface area contributed by atoms with Crippen LogP contribution >= 0.6 is 0 Å². The fraction of sp³-hybridized carbons (Fsp3) is 0.438. The van der Waals surface area contributed by atoms with E-state index in [1.807, 2.05) is 0 Å². The number of carbonyl (C=O) groups excluding carboxylic acids is 2. The highest BCUT2D eigenvalue weighted by molar-refractivity contribution is 6.02. The van der Waals surface area contributed by atoms with Crippen molar-refractivity contribution in [1.29, 1.82) is 0 Å². The fourth-order valence-corrected chi connectivity index (χ4v) is 3.18. The summed E-state index contributed by atoms with van der Waals surface area (Å²) in [6.07, 6.45) is 0.440. The smallest absolute Gasteiger partial charge is 0.308 e. The van der Waals surface area contributed by atoms with Gasteiger partial charge in [0.25, 0.3) is 5.91 Å². The molecule has 0 bridgehead atoms. The maximum Gasteiger partial charge on any atom is 0.308 e. The van der Waals surface area contributed by atoms with Gasteiger partial charge in [0.1, 0.15) is 12.3 Å². The van der Waals surface area contributed by atoms with Gasteiger partial charge in [-0.1, -0.05) is 12.1 Å². The van der Waals surface area contributed by atoms with Crippen molar-refractivity contribution in [2.45, 2.75) is 19.4 Å². The molecule has 7 heteroatoms. The second-order valence-electron chi connectivity index (χ2n) is 5.80. The summed E-state index contributed by atoms with van der Waals surface area (Å²) >= 11 is 0. The molecule has 3 rings (SSSR count). The molecule has 0 aromatic heterocycles. The Hall–Kier alpha value is -2.57. The summed E-state index contributed by atoms with van der Waals surface area (Å²) in [6.45, 7) is 1.93. The predicted molar refractivity (Wildman–Crippen MR) is 81.2 cm³/mol. The Morgan fingerprint density at radius 3 is 2.78 bits per heavy atom. The highest BCUT2D eigenvalue weighted by Gasteiger charge is 2.39. The molecular weight excluding hydrogens is 300 g/mol. The van der Waals surface area contributed by atoms with E-state index in [-0.39, 0.29) is 31.0 Å². The zero-order chi connectivity index (χ0) is 16.6. The molecular formula is C16H18N2O5. The minimum Gasteiger partial charge on any atom is -0.482 e. The van der Waals surface area contributed by atoms with Gasteiger partial charge in [-0.05, 0) is 25.5 Å². The van der Waals surface area contributed by atoms with Crippen molar-refractivity contribution < 1.29 is 24.2 Å². The number of para-hydroxylation sites is 2. The van der Waals surface area contributed by atoms with Crippen molar-refractivity contribution in [2.24, 2.45) is 5.92 Å². The Morgan fingerprint density at radius 2 is 2.09 bits per heavy atom. The minimum atomic E-state index is -0.888. The SMILES string of the molecule is CC1C(C(=O)O)CCN1C(=O)CN1C(=O)COc2ccccc21. The molecule has 1 fully saturated rings. The molecule has 0 saturated carbocycles. The first kappa shape index (κ1) is 15.3. The van der Waals surface area contributed by atoms with Gasteiger partial charge in [0.15, 0.2) is 6.61 Å². The first-order chi connectivity index (χ1) is 11.0. The number of ether oxygens (including phenoxy) is 1. The number of carboxylic acid groups (broad SMARTS) is 1. The van der Waals surface area contributed by atoms with E-state index in [1.165, 1.54) is 4.90 Å². The predicted octanol–water partition coefficient (Wildman–Crippen LogP) is 0.734. The van der Waals surface area contributed by atoms with E-state index < -0.39 is 11.9 Å². The normalized spacial score (nSPS) is 23.4. The number of hydrogen-bond acceptors (Lipinski definition) is 4. The van der Waals surface area contributed by atoms with Crippen LogP contribution in [0.5, 0.6) is 5.75 Å². The summed E-state index contributed by atoms with van der Waals surface area (Å²) in [5.41, 5.74) is 0.568. The van der Waals surface area contributed by atoms with Crippen LogP contribution in [-0.4, -0.2) is 53.5 Å². The van der Waals surface area contributed by atoms with Gasteiger partial charge in [-0.15, -0.1) is 0 Å². The third-order valence-electron chi connectivity index (χ3n) is 4.49. The lowest BCUT2D eigenvalue weighted by molar-refractivity contribution is -0.143. The Kier molecular flexibility index (Phi) is 3.94. The van der Waals surface area contributed by atoms with Gasteiger partial charge in [-0.3, -0.25) is 19.3 Å². The maximum atomic E-state index is 12.5. The summed E-state index contributed by atoms with van der Waals surface area (Å²) in [4.78, 5) is 38.8. The second kappa shape index (κ2) is 5.91. The lowest BCUT2D eigenvalue weighted by Crippen LogP contribution is -2.48. The van der Waals surface area contributed by atoms with E-state index in [2.05, 4.69) is 0 Å². The lowest BCUT2D eigenvalue weighted by atomic mass is 10.0. The number of anilines is 1. The molecule has 1 aromatic rings. The van der Waals surface area contributed by atoms with Crippen molar-refractivity contribution in [3.63, 3.8) is 0 Å². The van der Waals surface area contributed by atoms with Crippen LogP contribution in [0.4, 0.5) is 5.69 Å². The summed E-state index contributed by atoms with van der Waals surface area (Å²) in [7, 11) is 0. The molecule has 0 radical (unpaired) electrons. The Bertz CT molecular complexity index is 660. The fourth-order valence-electron chi connectivity index (χ4n) is 3.18. The van der Waals surface area contributed by atoms with Gasteiger partial charge < -0.3 is 14.7 Å². The number of fused-ring (bicyclic) bond motifs is 1. The Labute approximate surface area is 133 Å². The number of carbonyl (C=O) groups is 3. The first-order valence-corrected chi connectivity index (χ1v) is 7.53. The number of carboxylic acids is 1. The molecule has 1 aromatic carbocycles.